The van der Waals surface area contributed by atoms with Crippen molar-refractivity contribution in [1.29, 1.82) is 0 Å². The largest absolute Gasteiger partial charge is 0.439 e. The SMILES string of the molecule is C=C(C(=O)OC(C(F)(F)F)C(F)(F)F)C(O)/C=C/c1ccccc1. The molecule has 0 aliphatic rings. The average molecular weight is 354 g/mol. The molecular formula is C15H12F6O3. The minimum Gasteiger partial charge on any atom is -0.439 e. The Morgan fingerprint density at radius 2 is 1.58 bits per heavy atom. The number of aliphatic hydroxyl groups excluding tert-OH is 1. The summed E-state index contributed by atoms with van der Waals surface area (Å²) in [6, 6.07) is 8.26. The van der Waals surface area contributed by atoms with E-state index in [1.807, 2.05) is 0 Å². The normalized spacial score (nSPS) is 14.0. The maximum atomic E-state index is 12.3. The van der Waals surface area contributed by atoms with E-state index in [4.69, 9.17) is 0 Å². The number of hydrogen-bond acceptors (Lipinski definition) is 3. The smallest absolute Gasteiger partial charge is 0.434 e. The molecule has 9 heteroatoms. The molecule has 0 amide bonds. The monoisotopic (exact) mass is 354 g/mol. The molecular weight excluding hydrogens is 342 g/mol. The topological polar surface area (TPSA) is 46.5 Å². The number of hydrogen-bond donors (Lipinski definition) is 1. The first-order chi connectivity index (χ1) is 10.9. The Morgan fingerprint density at radius 3 is 2.04 bits per heavy atom. The van der Waals surface area contributed by atoms with Gasteiger partial charge in [-0.05, 0) is 5.56 Å². The van der Waals surface area contributed by atoms with Gasteiger partial charge in [-0.2, -0.15) is 26.3 Å². The van der Waals surface area contributed by atoms with Crippen molar-refractivity contribution in [1.82, 2.24) is 0 Å². The zero-order valence-electron chi connectivity index (χ0n) is 11.9. The van der Waals surface area contributed by atoms with Crippen LogP contribution in [0.25, 0.3) is 6.08 Å². The van der Waals surface area contributed by atoms with Crippen molar-refractivity contribution in [3.8, 4) is 0 Å². The van der Waals surface area contributed by atoms with Crippen molar-refractivity contribution >= 4 is 12.0 Å². The first-order valence-electron chi connectivity index (χ1n) is 6.37. The van der Waals surface area contributed by atoms with Crippen LogP contribution in [0.5, 0.6) is 0 Å². The highest BCUT2D eigenvalue weighted by atomic mass is 19.4. The number of aliphatic hydroxyl groups is 1. The summed E-state index contributed by atoms with van der Waals surface area (Å²) < 4.78 is 77.3. The fourth-order valence-electron chi connectivity index (χ4n) is 1.51. The zero-order chi connectivity index (χ0) is 18.5. The lowest BCUT2D eigenvalue weighted by atomic mass is 10.1. The summed E-state index contributed by atoms with van der Waals surface area (Å²) in [5.74, 6) is -2.00. The summed E-state index contributed by atoms with van der Waals surface area (Å²) in [6.07, 6.45) is -15.5. The van der Waals surface area contributed by atoms with Gasteiger partial charge in [0.05, 0.1) is 5.57 Å². The minimum absolute atomic E-state index is 0.584. The van der Waals surface area contributed by atoms with Crippen molar-refractivity contribution in [2.24, 2.45) is 0 Å². The van der Waals surface area contributed by atoms with Crippen LogP contribution in [-0.2, 0) is 9.53 Å². The predicted octanol–water partition coefficient (Wildman–Crippen LogP) is 3.65. The van der Waals surface area contributed by atoms with E-state index in [9.17, 15) is 36.2 Å². The molecule has 0 fully saturated rings. The van der Waals surface area contributed by atoms with Crippen LogP contribution in [0.15, 0.2) is 48.6 Å². The highest BCUT2D eigenvalue weighted by Gasteiger charge is 2.60. The van der Waals surface area contributed by atoms with Gasteiger partial charge in [0.2, 0.25) is 0 Å². The van der Waals surface area contributed by atoms with Crippen molar-refractivity contribution in [2.45, 2.75) is 24.6 Å². The van der Waals surface area contributed by atoms with Crippen molar-refractivity contribution < 1.29 is 41.0 Å². The van der Waals surface area contributed by atoms with Gasteiger partial charge in [0, 0.05) is 0 Å². The van der Waals surface area contributed by atoms with Crippen LogP contribution in [0.1, 0.15) is 5.56 Å². The Kier molecular flexibility index (Phi) is 6.19. The molecule has 1 atom stereocenters. The highest BCUT2D eigenvalue weighted by molar-refractivity contribution is 5.89. The molecule has 1 aromatic carbocycles. The average Bonchev–Trinajstić information content (AvgIpc) is 2.48. The van der Waals surface area contributed by atoms with Crippen LogP contribution >= 0.6 is 0 Å². The van der Waals surface area contributed by atoms with Crippen molar-refractivity contribution in [2.75, 3.05) is 0 Å². The molecule has 0 radical (unpaired) electrons. The summed E-state index contributed by atoms with van der Waals surface area (Å²) in [7, 11) is 0. The summed E-state index contributed by atoms with van der Waals surface area (Å²) in [6.45, 7) is 2.97. The van der Waals surface area contributed by atoms with Gasteiger partial charge >= 0.3 is 18.3 Å². The van der Waals surface area contributed by atoms with Crippen LogP contribution in [-0.4, -0.2) is 35.6 Å². The maximum Gasteiger partial charge on any atom is 0.434 e. The number of alkyl halides is 6. The highest BCUT2D eigenvalue weighted by Crippen LogP contribution is 2.36. The van der Waals surface area contributed by atoms with Crippen LogP contribution in [0.3, 0.4) is 0 Å². The summed E-state index contributed by atoms with van der Waals surface area (Å²) in [5.41, 5.74) is -0.373. The number of carbonyl (C=O) groups is 1. The molecule has 24 heavy (non-hydrogen) atoms. The number of benzene rings is 1. The van der Waals surface area contributed by atoms with Crippen LogP contribution < -0.4 is 0 Å². The number of ether oxygens (including phenoxy) is 1. The standard InChI is InChI=1S/C15H12F6O3/c1-9(11(22)8-7-10-5-3-2-4-6-10)12(23)24-13(14(16,17)18)15(19,20)21/h2-8,11,13,22H,1H2/b8-7+. The van der Waals surface area contributed by atoms with E-state index in [1.54, 1.807) is 30.3 Å². The van der Waals surface area contributed by atoms with E-state index < -0.39 is 36.1 Å². The summed E-state index contributed by atoms with van der Waals surface area (Å²) in [5, 5.41) is 9.62. The van der Waals surface area contributed by atoms with Gasteiger partial charge in [-0.3, -0.25) is 0 Å². The third-order valence-corrected chi connectivity index (χ3v) is 2.71. The van der Waals surface area contributed by atoms with Gasteiger partial charge < -0.3 is 9.84 Å². The van der Waals surface area contributed by atoms with Gasteiger partial charge in [-0.25, -0.2) is 4.79 Å². The van der Waals surface area contributed by atoms with Gasteiger partial charge in [0.1, 0.15) is 6.10 Å². The first-order valence-corrected chi connectivity index (χ1v) is 6.37. The van der Waals surface area contributed by atoms with Crippen molar-refractivity contribution in [3.05, 3.63) is 54.1 Å². The Bertz CT molecular complexity index is 590. The van der Waals surface area contributed by atoms with Crippen LogP contribution in [0, 0.1) is 0 Å². The fraction of sp³-hybridized carbons (Fsp3) is 0.267. The minimum atomic E-state index is -5.83. The summed E-state index contributed by atoms with van der Waals surface area (Å²) >= 11 is 0. The van der Waals surface area contributed by atoms with Gasteiger partial charge in [0.15, 0.2) is 0 Å². The van der Waals surface area contributed by atoms with Crippen LogP contribution in [0.4, 0.5) is 26.3 Å². The molecule has 0 aliphatic heterocycles. The van der Waals surface area contributed by atoms with E-state index in [1.165, 1.54) is 6.08 Å². The molecule has 0 bridgehead atoms. The Morgan fingerprint density at radius 1 is 1.08 bits per heavy atom. The molecule has 0 spiro atoms. The number of rotatable bonds is 5. The quantitative estimate of drug-likeness (QED) is 0.499. The molecule has 1 aromatic rings. The van der Waals surface area contributed by atoms with E-state index in [2.05, 4.69) is 11.3 Å². The lowest BCUT2D eigenvalue weighted by Crippen LogP contribution is -2.46. The Hall–Kier alpha value is -2.29. The molecule has 0 saturated carbocycles. The molecule has 0 aromatic heterocycles. The van der Waals surface area contributed by atoms with E-state index >= 15 is 0 Å². The Balaban J connectivity index is 2.79. The number of esters is 1. The maximum absolute atomic E-state index is 12.3. The molecule has 0 heterocycles. The molecule has 1 unspecified atom stereocenters. The Labute approximate surface area is 132 Å². The molecule has 0 aliphatic carbocycles. The van der Waals surface area contributed by atoms with Crippen molar-refractivity contribution in [3.63, 3.8) is 0 Å². The lowest BCUT2D eigenvalue weighted by Gasteiger charge is -2.23. The van der Waals surface area contributed by atoms with Gasteiger partial charge in [-0.15, -0.1) is 0 Å². The number of carbonyl (C=O) groups excluding carboxylic acids is 1. The van der Waals surface area contributed by atoms with E-state index in [0.717, 1.165) is 6.08 Å². The molecule has 132 valence electrons. The van der Waals surface area contributed by atoms with E-state index in [0.29, 0.717) is 5.56 Å². The van der Waals surface area contributed by atoms with E-state index in [-0.39, 0.29) is 0 Å². The van der Waals surface area contributed by atoms with Crippen LogP contribution in [0.2, 0.25) is 0 Å². The second-order valence-corrected chi connectivity index (χ2v) is 4.61. The predicted molar refractivity (Wildman–Crippen MR) is 72.6 cm³/mol. The molecule has 0 saturated heterocycles. The lowest BCUT2D eigenvalue weighted by molar-refractivity contribution is -0.312. The number of halogens is 6. The van der Waals surface area contributed by atoms with Gasteiger partial charge in [-0.1, -0.05) is 49.1 Å². The molecule has 1 rings (SSSR count). The molecule has 3 nitrogen and oxygen atoms in total. The first kappa shape index (κ1) is 19.8. The zero-order valence-corrected chi connectivity index (χ0v) is 11.9. The molecule has 1 N–H and O–H groups in total. The van der Waals surface area contributed by atoms with Gasteiger partial charge in [0.25, 0.3) is 6.10 Å². The third-order valence-electron chi connectivity index (χ3n) is 2.71. The second kappa shape index (κ2) is 7.52. The fourth-order valence-corrected chi connectivity index (χ4v) is 1.51. The summed E-state index contributed by atoms with van der Waals surface area (Å²) in [4.78, 5) is 11.4. The second-order valence-electron chi connectivity index (χ2n) is 4.61. The third kappa shape index (κ3) is 5.73.